The molecular weight excluding hydrogens is 543 g/mol. The molecule has 0 spiro atoms. The average molecular weight is 582 g/mol. The Balaban J connectivity index is 1.94. The fourth-order valence-electron chi connectivity index (χ4n) is 7.28. The molecular formula is C28H39HfSi. The number of hydrogen-bond acceptors (Lipinski definition) is 0. The number of fused-ring (bicyclic) bond motifs is 2. The number of benzene rings is 2. The van der Waals surface area contributed by atoms with Crippen LogP contribution in [0, 0.1) is 0 Å². The van der Waals surface area contributed by atoms with Gasteiger partial charge in [0.25, 0.3) is 0 Å². The molecule has 0 heterocycles. The van der Waals surface area contributed by atoms with Crippen LogP contribution in [0.2, 0.25) is 9.36 Å². The zero-order valence-electron chi connectivity index (χ0n) is 20.1. The summed E-state index contributed by atoms with van der Waals surface area (Å²) >= 11 is -3.37. The van der Waals surface area contributed by atoms with Crippen molar-refractivity contribution >= 4 is 18.6 Å². The fourth-order valence-corrected chi connectivity index (χ4v) is 42.8. The van der Waals surface area contributed by atoms with Crippen LogP contribution in [0.4, 0.5) is 0 Å². The fraction of sp³-hybridized carbons (Fsp3) is 0.429. The molecule has 0 saturated heterocycles. The normalized spacial score (nSPS) is 22.3. The molecule has 0 aliphatic heterocycles. The summed E-state index contributed by atoms with van der Waals surface area (Å²) in [4.78, 5) is 0. The third-order valence-corrected chi connectivity index (χ3v) is 37.7. The first kappa shape index (κ1) is 22.2. The van der Waals surface area contributed by atoms with Crippen LogP contribution >= 0.6 is 0 Å². The molecule has 2 aliphatic carbocycles. The van der Waals surface area contributed by atoms with Gasteiger partial charge in [-0.15, -0.1) is 0 Å². The Morgan fingerprint density at radius 3 is 1.43 bits per heavy atom. The van der Waals surface area contributed by atoms with Gasteiger partial charge in [0.05, 0.1) is 0 Å². The molecule has 0 nitrogen and oxygen atoms in total. The van der Waals surface area contributed by atoms with Crippen molar-refractivity contribution in [3.8, 4) is 0 Å². The van der Waals surface area contributed by atoms with Crippen LogP contribution in [0.5, 0.6) is 0 Å². The van der Waals surface area contributed by atoms with Gasteiger partial charge in [-0.3, -0.25) is 0 Å². The Morgan fingerprint density at radius 1 is 0.700 bits per heavy atom. The van der Waals surface area contributed by atoms with Crippen LogP contribution in [0.1, 0.15) is 83.0 Å². The molecule has 0 aromatic heterocycles. The van der Waals surface area contributed by atoms with Gasteiger partial charge in [-0.1, -0.05) is 0 Å². The Morgan fingerprint density at radius 2 is 1.07 bits per heavy atom. The van der Waals surface area contributed by atoms with Gasteiger partial charge >= 0.3 is 188 Å². The molecule has 2 heteroatoms. The van der Waals surface area contributed by atoms with E-state index < -0.39 is 17.7 Å². The van der Waals surface area contributed by atoms with Crippen molar-refractivity contribution in [1.29, 1.82) is 0 Å². The third kappa shape index (κ3) is 3.25. The molecule has 2 aliphatic rings. The van der Waals surface area contributed by atoms with Crippen LogP contribution in [-0.4, -0.2) is 7.43 Å². The summed E-state index contributed by atoms with van der Waals surface area (Å²) in [6.07, 6.45) is 4.93. The maximum atomic E-state index is 2.82. The van der Waals surface area contributed by atoms with Gasteiger partial charge in [0.1, 0.15) is 0 Å². The summed E-state index contributed by atoms with van der Waals surface area (Å²) < 4.78 is 7.06. The Kier molecular flexibility index (Phi) is 5.81. The van der Waals surface area contributed by atoms with Crippen molar-refractivity contribution in [2.24, 2.45) is 0 Å². The van der Waals surface area contributed by atoms with Crippen molar-refractivity contribution in [3.05, 3.63) is 81.9 Å². The van der Waals surface area contributed by atoms with Gasteiger partial charge in [-0.25, -0.2) is 0 Å². The van der Waals surface area contributed by atoms with Gasteiger partial charge < -0.3 is 0 Å². The summed E-state index contributed by atoms with van der Waals surface area (Å²) in [5.41, 5.74) is 13.3. The second-order valence-corrected chi connectivity index (χ2v) is 65.7. The zero-order valence-corrected chi connectivity index (χ0v) is 25.7. The van der Waals surface area contributed by atoms with E-state index >= 15 is 0 Å². The Hall–Kier alpha value is -0.993. The van der Waals surface area contributed by atoms with Gasteiger partial charge in [0.2, 0.25) is 0 Å². The molecule has 4 rings (SSSR count). The minimum atomic E-state index is -3.37. The number of rotatable bonds is 6. The van der Waals surface area contributed by atoms with Gasteiger partial charge in [-0.05, 0) is 0 Å². The quantitative estimate of drug-likeness (QED) is 0.307. The average Bonchev–Trinajstić information content (AvgIpc) is 3.15. The topological polar surface area (TPSA) is 0 Å². The zero-order chi connectivity index (χ0) is 21.7. The molecule has 159 valence electrons. The van der Waals surface area contributed by atoms with Crippen LogP contribution in [0.25, 0.3) is 11.1 Å². The minimum absolute atomic E-state index is 0.709. The van der Waals surface area contributed by atoms with Crippen molar-refractivity contribution in [3.63, 3.8) is 0 Å². The maximum absolute atomic E-state index is 3.37. The molecule has 30 heavy (non-hydrogen) atoms. The molecule has 0 amide bonds. The van der Waals surface area contributed by atoms with E-state index in [9.17, 15) is 0 Å². The van der Waals surface area contributed by atoms with E-state index in [4.69, 9.17) is 0 Å². The first-order chi connectivity index (χ1) is 14.2. The monoisotopic (exact) mass is 583 g/mol. The summed E-state index contributed by atoms with van der Waals surface area (Å²) in [5, 5.41) is 0. The molecule has 2 aromatic rings. The van der Waals surface area contributed by atoms with E-state index in [2.05, 4.69) is 85.6 Å². The number of allylic oxidation sites excluding steroid dienone is 4. The molecule has 0 bridgehead atoms. The first-order valence-corrected chi connectivity index (χ1v) is 35.1. The first-order valence-electron chi connectivity index (χ1n) is 12.0. The van der Waals surface area contributed by atoms with Gasteiger partial charge in [0.15, 0.2) is 0 Å². The van der Waals surface area contributed by atoms with Crippen LogP contribution in [0.15, 0.2) is 59.7 Å². The van der Waals surface area contributed by atoms with E-state index in [1.807, 2.05) is 0 Å². The van der Waals surface area contributed by atoms with Crippen molar-refractivity contribution in [1.82, 2.24) is 0 Å². The Labute approximate surface area is 187 Å². The third-order valence-electron chi connectivity index (χ3n) is 8.08. The molecule has 2 aromatic carbocycles. The predicted molar refractivity (Wildman–Crippen MR) is 135 cm³/mol. The molecule has 0 radical (unpaired) electrons. The predicted octanol–water partition coefficient (Wildman–Crippen LogP) is 7.71. The van der Waals surface area contributed by atoms with E-state index in [1.54, 1.807) is 44.5 Å². The summed E-state index contributed by atoms with van der Waals surface area (Å²) in [5.74, 6) is 0. The van der Waals surface area contributed by atoms with E-state index in [0.29, 0.717) is 7.35 Å². The summed E-state index contributed by atoms with van der Waals surface area (Å²) in [7, 11) is 1.35. The van der Waals surface area contributed by atoms with Crippen LogP contribution in [-0.2, 0) is 17.7 Å². The SMILES string of the molecule is CCCC1=C(C)[CH]([Hf]([CH3])([CH3])([SiH3])[CH]2C(C)=C(CCC)c3ccccc32)c2ccccc21. The van der Waals surface area contributed by atoms with E-state index in [0.717, 1.165) is 0 Å². The van der Waals surface area contributed by atoms with Gasteiger partial charge in [0, 0.05) is 0 Å². The molecule has 2 unspecified atom stereocenters. The summed E-state index contributed by atoms with van der Waals surface area (Å²) in [6, 6.07) is 18.8. The van der Waals surface area contributed by atoms with Crippen LogP contribution in [0.3, 0.4) is 0 Å². The summed E-state index contributed by atoms with van der Waals surface area (Å²) in [6.45, 7) is 9.64. The van der Waals surface area contributed by atoms with E-state index in [-0.39, 0.29) is 0 Å². The molecule has 2 atom stereocenters. The van der Waals surface area contributed by atoms with Crippen molar-refractivity contribution < 1.29 is 17.7 Å². The molecule has 0 fully saturated rings. The Bertz CT molecular complexity index is 966. The molecule has 0 N–H and O–H groups in total. The van der Waals surface area contributed by atoms with E-state index in [1.165, 1.54) is 33.1 Å². The molecule has 0 saturated carbocycles. The number of hydrogen-bond donors (Lipinski definition) is 0. The van der Waals surface area contributed by atoms with Crippen LogP contribution < -0.4 is 0 Å². The second kappa shape index (κ2) is 7.85. The van der Waals surface area contributed by atoms with Crippen molar-refractivity contribution in [2.75, 3.05) is 0 Å². The standard InChI is InChI=1S/2C13H15.2CH3.Hf.H3Si/c2*1-3-6-12-10(2)9-11-7-4-5-8-13(11)12;;;;/h2*4-5,7-9H,3,6H2,1-2H3;2*1H3;;1H3. The van der Waals surface area contributed by atoms with Gasteiger partial charge in [-0.2, -0.15) is 0 Å². The second-order valence-electron chi connectivity index (χ2n) is 11.3. The van der Waals surface area contributed by atoms with Crippen molar-refractivity contribution in [2.45, 2.75) is 70.1 Å².